The van der Waals surface area contributed by atoms with Gasteiger partial charge in [-0.15, -0.1) is 0 Å². The van der Waals surface area contributed by atoms with Crippen molar-refractivity contribution in [3.63, 3.8) is 0 Å². The molecule has 2 aromatic carbocycles. The number of carbonyl (C=O) groups excluding carboxylic acids is 3. The first-order valence-corrected chi connectivity index (χ1v) is 8.02. The average Bonchev–Trinajstić information content (AvgIpc) is 3.38. The van der Waals surface area contributed by atoms with Crippen molar-refractivity contribution >= 4 is 34.3 Å². The highest BCUT2D eigenvalue weighted by atomic mass is 16.2. The van der Waals surface area contributed by atoms with Gasteiger partial charge < -0.3 is 10.2 Å². The van der Waals surface area contributed by atoms with Gasteiger partial charge in [0.2, 0.25) is 5.91 Å². The minimum atomic E-state index is -0.370. The van der Waals surface area contributed by atoms with Crippen molar-refractivity contribution in [2.75, 3.05) is 18.4 Å². The fourth-order valence-corrected chi connectivity index (χ4v) is 3.06. The summed E-state index contributed by atoms with van der Waals surface area (Å²) < 4.78 is 0. The lowest BCUT2D eigenvalue weighted by Crippen LogP contribution is -2.39. The van der Waals surface area contributed by atoms with E-state index in [1.807, 2.05) is 42.5 Å². The molecule has 1 saturated carbocycles. The van der Waals surface area contributed by atoms with Gasteiger partial charge in [0.1, 0.15) is 13.1 Å². The van der Waals surface area contributed by atoms with E-state index in [-0.39, 0.29) is 37.0 Å². The molecule has 4 amide bonds. The van der Waals surface area contributed by atoms with Gasteiger partial charge >= 0.3 is 6.03 Å². The van der Waals surface area contributed by atoms with Gasteiger partial charge in [-0.1, -0.05) is 36.4 Å². The third-order valence-corrected chi connectivity index (χ3v) is 4.44. The Morgan fingerprint density at radius 3 is 2.62 bits per heavy atom. The van der Waals surface area contributed by atoms with Gasteiger partial charge in [-0.3, -0.25) is 14.5 Å². The van der Waals surface area contributed by atoms with Crippen LogP contribution in [0.3, 0.4) is 0 Å². The van der Waals surface area contributed by atoms with E-state index in [0.717, 1.165) is 28.5 Å². The molecule has 122 valence electrons. The number of rotatable bonds is 4. The zero-order valence-electron chi connectivity index (χ0n) is 13.1. The number of fused-ring (bicyclic) bond motifs is 1. The Morgan fingerprint density at radius 1 is 1.08 bits per heavy atom. The predicted molar refractivity (Wildman–Crippen MR) is 89.4 cm³/mol. The van der Waals surface area contributed by atoms with Crippen LogP contribution >= 0.6 is 0 Å². The highest BCUT2D eigenvalue weighted by Gasteiger charge is 2.44. The predicted octanol–water partition coefficient (Wildman–Crippen LogP) is 2.20. The second-order valence-corrected chi connectivity index (χ2v) is 6.20. The second-order valence-electron chi connectivity index (χ2n) is 6.20. The molecular weight excluding hydrogens is 306 g/mol. The van der Waals surface area contributed by atoms with Gasteiger partial charge in [-0.2, -0.15) is 0 Å². The van der Waals surface area contributed by atoms with Crippen molar-refractivity contribution in [2.24, 2.45) is 0 Å². The van der Waals surface area contributed by atoms with Gasteiger partial charge in [0, 0.05) is 17.1 Å². The first-order chi connectivity index (χ1) is 11.6. The minimum absolute atomic E-state index is 0.0883. The lowest BCUT2D eigenvalue weighted by atomic mass is 10.1. The van der Waals surface area contributed by atoms with Crippen LogP contribution in [0.2, 0.25) is 0 Å². The minimum Gasteiger partial charge on any atom is -0.324 e. The highest BCUT2D eigenvalue weighted by molar-refractivity contribution is 6.08. The molecule has 2 aliphatic rings. The van der Waals surface area contributed by atoms with E-state index >= 15 is 0 Å². The van der Waals surface area contributed by atoms with Crippen LogP contribution in [-0.2, 0) is 9.59 Å². The number of carbonyl (C=O) groups is 3. The summed E-state index contributed by atoms with van der Waals surface area (Å²) in [6.45, 7) is -0.158. The summed E-state index contributed by atoms with van der Waals surface area (Å²) in [5.41, 5.74) is 0.677. The number of hydrogen-bond donors (Lipinski definition) is 1. The molecule has 4 rings (SSSR count). The molecule has 1 heterocycles. The van der Waals surface area contributed by atoms with E-state index in [1.165, 1.54) is 0 Å². The van der Waals surface area contributed by atoms with Crippen LogP contribution < -0.4 is 5.32 Å². The number of nitrogens with zero attached hydrogens (tertiary/aromatic N) is 2. The maximum absolute atomic E-state index is 12.3. The quantitative estimate of drug-likeness (QED) is 0.877. The van der Waals surface area contributed by atoms with Crippen LogP contribution in [0.1, 0.15) is 12.8 Å². The molecule has 0 atom stereocenters. The Bertz CT molecular complexity index is 839. The lowest BCUT2D eigenvalue weighted by Gasteiger charge is -2.16. The molecule has 0 unspecified atom stereocenters. The van der Waals surface area contributed by atoms with Gasteiger partial charge in [-0.05, 0) is 24.3 Å². The number of anilines is 1. The third kappa shape index (κ3) is 2.60. The summed E-state index contributed by atoms with van der Waals surface area (Å²) >= 11 is 0. The molecule has 0 radical (unpaired) electrons. The Hall–Kier alpha value is -2.89. The fraction of sp³-hybridized carbons (Fsp3) is 0.278. The first kappa shape index (κ1) is 14.7. The molecular formula is C18H17N3O3. The third-order valence-electron chi connectivity index (χ3n) is 4.44. The summed E-state index contributed by atoms with van der Waals surface area (Å²) in [5.74, 6) is -0.675. The number of nitrogens with one attached hydrogen (secondary N) is 1. The Labute approximate surface area is 139 Å². The van der Waals surface area contributed by atoms with Crippen molar-refractivity contribution in [2.45, 2.75) is 18.9 Å². The van der Waals surface area contributed by atoms with Crippen LogP contribution in [0, 0.1) is 0 Å². The number of benzene rings is 2. The molecule has 0 spiro atoms. The van der Waals surface area contributed by atoms with E-state index in [1.54, 1.807) is 4.90 Å². The average molecular weight is 323 g/mol. The standard InChI is InChI=1S/C18H17N3O3/c22-16(10-21-17(23)11-20(18(21)24)13-8-9-13)19-15-7-3-5-12-4-1-2-6-14(12)15/h1-7,13H,8-11H2,(H,19,22). The number of amides is 4. The van der Waals surface area contributed by atoms with E-state index in [2.05, 4.69) is 5.32 Å². The SMILES string of the molecule is O=C(CN1C(=O)CN(C2CC2)C1=O)Nc1cccc2ccccc12. The van der Waals surface area contributed by atoms with Gasteiger partial charge in [0.25, 0.3) is 5.91 Å². The number of hydrogen-bond acceptors (Lipinski definition) is 3. The second kappa shape index (κ2) is 5.63. The fourth-order valence-electron chi connectivity index (χ4n) is 3.06. The topological polar surface area (TPSA) is 69.7 Å². The van der Waals surface area contributed by atoms with E-state index in [0.29, 0.717) is 5.69 Å². The highest BCUT2D eigenvalue weighted by Crippen LogP contribution is 2.30. The Morgan fingerprint density at radius 2 is 1.83 bits per heavy atom. The summed E-state index contributed by atoms with van der Waals surface area (Å²) in [6, 6.07) is 13.2. The zero-order chi connectivity index (χ0) is 16.7. The summed E-state index contributed by atoms with van der Waals surface area (Å²) in [4.78, 5) is 39.2. The molecule has 2 aromatic rings. The maximum Gasteiger partial charge on any atom is 0.327 e. The van der Waals surface area contributed by atoms with Crippen LogP contribution in [0.5, 0.6) is 0 Å². The molecule has 1 saturated heterocycles. The molecule has 0 aromatic heterocycles. The van der Waals surface area contributed by atoms with Crippen LogP contribution in [-0.4, -0.2) is 46.8 Å². The van der Waals surface area contributed by atoms with Gasteiger partial charge in [0.05, 0.1) is 0 Å². The monoisotopic (exact) mass is 323 g/mol. The molecule has 1 aliphatic carbocycles. The van der Waals surface area contributed by atoms with E-state index in [4.69, 9.17) is 0 Å². The largest absolute Gasteiger partial charge is 0.327 e. The van der Waals surface area contributed by atoms with Crippen molar-refractivity contribution in [1.29, 1.82) is 0 Å². The smallest absolute Gasteiger partial charge is 0.324 e. The molecule has 6 heteroatoms. The number of imide groups is 1. The van der Waals surface area contributed by atoms with Crippen molar-refractivity contribution in [1.82, 2.24) is 9.80 Å². The van der Waals surface area contributed by atoms with E-state index < -0.39 is 0 Å². The van der Waals surface area contributed by atoms with Crippen molar-refractivity contribution < 1.29 is 14.4 Å². The van der Waals surface area contributed by atoms with Crippen molar-refractivity contribution in [3.8, 4) is 0 Å². The molecule has 24 heavy (non-hydrogen) atoms. The van der Waals surface area contributed by atoms with E-state index in [9.17, 15) is 14.4 Å². The molecule has 0 bridgehead atoms. The Balaban J connectivity index is 1.48. The summed E-state index contributed by atoms with van der Waals surface area (Å²) in [5, 5.41) is 4.75. The van der Waals surface area contributed by atoms with Crippen LogP contribution in [0.15, 0.2) is 42.5 Å². The van der Waals surface area contributed by atoms with Crippen LogP contribution in [0.25, 0.3) is 10.8 Å². The molecule has 2 fully saturated rings. The summed E-state index contributed by atoms with van der Waals surface area (Å²) in [6.07, 6.45) is 1.88. The summed E-state index contributed by atoms with van der Waals surface area (Å²) in [7, 11) is 0. The Kier molecular flexibility index (Phi) is 3.45. The first-order valence-electron chi connectivity index (χ1n) is 8.02. The molecule has 1 N–H and O–H groups in total. The van der Waals surface area contributed by atoms with Gasteiger partial charge in [-0.25, -0.2) is 4.79 Å². The maximum atomic E-state index is 12.3. The number of urea groups is 1. The lowest BCUT2D eigenvalue weighted by molar-refractivity contribution is -0.129. The van der Waals surface area contributed by atoms with Crippen LogP contribution in [0.4, 0.5) is 10.5 Å². The van der Waals surface area contributed by atoms with Gasteiger partial charge in [0.15, 0.2) is 0 Å². The molecule has 1 aliphatic heterocycles. The normalized spacial score (nSPS) is 17.7. The zero-order valence-corrected chi connectivity index (χ0v) is 13.1. The molecule has 6 nitrogen and oxygen atoms in total. The van der Waals surface area contributed by atoms with Crippen molar-refractivity contribution in [3.05, 3.63) is 42.5 Å².